The smallest absolute Gasteiger partial charge is 0.212 e. The summed E-state index contributed by atoms with van der Waals surface area (Å²) >= 11 is 6.09. The zero-order valence-corrected chi connectivity index (χ0v) is 8.40. The summed E-state index contributed by atoms with van der Waals surface area (Å²) in [5.74, 6) is 0. The van der Waals surface area contributed by atoms with Gasteiger partial charge in [0.15, 0.2) is 0 Å². The van der Waals surface area contributed by atoms with Gasteiger partial charge >= 0.3 is 0 Å². The standard InChI is InChI=1S/C6H13ClO2Si/c1-8-10-6(7)4-2-3-5-9-6/h2-5,10H2,1H3. The molecule has 1 aliphatic rings. The number of rotatable bonds is 2. The second-order valence-corrected chi connectivity index (χ2v) is 5.77. The van der Waals surface area contributed by atoms with Gasteiger partial charge in [0.25, 0.3) is 0 Å². The van der Waals surface area contributed by atoms with Crippen LogP contribution in [-0.2, 0) is 9.16 Å². The number of hydrogen-bond acceptors (Lipinski definition) is 2. The summed E-state index contributed by atoms with van der Waals surface area (Å²) in [5.41, 5.74) is 0. The van der Waals surface area contributed by atoms with Gasteiger partial charge in [0.1, 0.15) is 4.68 Å². The van der Waals surface area contributed by atoms with E-state index in [9.17, 15) is 0 Å². The average Bonchev–Trinajstić information content (AvgIpc) is 1.89. The first-order valence-corrected chi connectivity index (χ1v) is 5.25. The van der Waals surface area contributed by atoms with E-state index in [4.69, 9.17) is 20.8 Å². The molecule has 1 rings (SSSR count). The highest BCUT2D eigenvalue weighted by molar-refractivity contribution is 6.51. The molecule has 4 heteroatoms. The Kier molecular flexibility index (Phi) is 3.16. The van der Waals surface area contributed by atoms with Gasteiger partial charge in [-0.25, -0.2) is 0 Å². The van der Waals surface area contributed by atoms with Crippen molar-refractivity contribution in [1.82, 2.24) is 0 Å². The molecule has 1 saturated heterocycles. The molecule has 0 N–H and O–H groups in total. The molecule has 0 aromatic heterocycles. The van der Waals surface area contributed by atoms with Crippen molar-refractivity contribution in [3.8, 4) is 0 Å². The molecule has 1 heterocycles. The first-order chi connectivity index (χ1) is 4.77. The lowest BCUT2D eigenvalue weighted by molar-refractivity contribution is 0.0282. The number of alkyl halides is 1. The molecular formula is C6H13ClO2Si. The fourth-order valence-corrected chi connectivity index (χ4v) is 2.74. The van der Waals surface area contributed by atoms with Crippen molar-refractivity contribution < 1.29 is 9.16 Å². The van der Waals surface area contributed by atoms with Crippen molar-refractivity contribution in [1.29, 1.82) is 0 Å². The molecule has 2 nitrogen and oxygen atoms in total. The maximum Gasteiger partial charge on any atom is 0.212 e. The Labute approximate surface area is 68.8 Å². The van der Waals surface area contributed by atoms with E-state index in [1.807, 2.05) is 0 Å². The van der Waals surface area contributed by atoms with Crippen molar-refractivity contribution in [3.63, 3.8) is 0 Å². The van der Waals surface area contributed by atoms with Crippen LogP contribution < -0.4 is 0 Å². The van der Waals surface area contributed by atoms with Gasteiger partial charge in [0.05, 0.1) is 0 Å². The molecular weight excluding hydrogens is 168 g/mol. The third kappa shape index (κ3) is 2.23. The Morgan fingerprint density at radius 2 is 2.40 bits per heavy atom. The van der Waals surface area contributed by atoms with Crippen molar-refractivity contribution in [2.24, 2.45) is 0 Å². The van der Waals surface area contributed by atoms with Crippen LogP contribution in [0.15, 0.2) is 0 Å². The minimum absolute atomic E-state index is 0.382. The second kappa shape index (κ2) is 3.71. The van der Waals surface area contributed by atoms with Crippen LogP contribution in [0.3, 0.4) is 0 Å². The molecule has 0 aromatic carbocycles. The third-order valence-electron chi connectivity index (χ3n) is 1.67. The zero-order chi connectivity index (χ0) is 7.45. The molecule has 0 amide bonds. The van der Waals surface area contributed by atoms with Gasteiger partial charge in [-0.3, -0.25) is 0 Å². The van der Waals surface area contributed by atoms with E-state index in [0.717, 1.165) is 19.4 Å². The van der Waals surface area contributed by atoms with Crippen LogP contribution >= 0.6 is 11.6 Å². The van der Waals surface area contributed by atoms with E-state index in [1.165, 1.54) is 6.42 Å². The van der Waals surface area contributed by atoms with E-state index >= 15 is 0 Å². The molecule has 1 aliphatic heterocycles. The quantitative estimate of drug-likeness (QED) is 0.463. The highest BCUT2D eigenvalue weighted by atomic mass is 35.5. The summed E-state index contributed by atoms with van der Waals surface area (Å²) in [6.45, 7) is 0.805. The highest BCUT2D eigenvalue weighted by Crippen LogP contribution is 2.27. The van der Waals surface area contributed by atoms with E-state index in [-0.39, 0.29) is 4.68 Å². The minimum Gasteiger partial charge on any atom is -0.422 e. The number of hydrogen-bond donors (Lipinski definition) is 0. The Morgan fingerprint density at radius 1 is 1.60 bits per heavy atom. The normalized spacial score (nSPS) is 35.4. The summed E-state index contributed by atoms with van der Waals surface area (Å²) in [5, 5.41) is 0. The first kappa shape index (κ1) is 8.52. The molecule has 0 aliphatic carbocycles. The molecule has 0 radical (unpaired) electrons. The Balaban J connectivity index is 2.32. The van der Waals surface area contributed by atoms with Crippen molar-refractivity contribution >= 4 is 21.4 Å². The Morgan fingerprint density at radius 3 is 2.90 bits per heavy atom. The largest absolute Gasteiger partial charge is 0.422 e. The van der Waals surface area contributed by atoms with Gasteiger partial charge in [-0.1, -0.05) is 11.6 Å². The summed E-state index contributed by atoms with van der Waals surface area (Å²) in [6, 6.07) is 0. The van der Waals surface area contributed by atoms with Crippen LogP contribution in [0.1, 0.15) is 19.3 Å². The Bertz CT molecular complexity index is 98.4. The van der Waals surface area contributed by atoms with Gasteiger partial charge in [-0.15, -0.1) is 0 Å². The summed E-state index contributed by atoms with van der Waals surface area (Å²) in [7, 11) is 1.03. The maximum atomic E-state index is 6.09. The monoisotopic (exact) mass is 180 g/mol. The molecule has 10 heavy (non-hydrogen) atoms. The van der Waals surface area contributed by atoms with E-state index in [0.29, 0.717) is 0 Å². The van der Waals surface area contributed by atoms with Crippen molar-refractivity contribution in [3.05, 3.63) is 0 Å². The lowest BCUT2D eigenvalue weighted by atomic mass is 10.2. The number of halogens is 1. The fraction of sp³-hybridized carbons (Fsp3) is 1.00. The minimum atomic E-state index is -0.677. The predicted octanol–water partition coefficient (Wildman–Crippen LogP) is 0.810. The second-order valence-electron chi connectivity index (χ2n) is 2.62. The predicted molar refractivity (Wildman–Crippen MR) is 43.9 cm³/mol. The summed E-state index contributed by atoms with van der Waals surface area (Å²) < 4.78 is 10.1. The first-order valence-electron chi connectivity index (χ1n) is 3.59. The van der Waals surface area contributed by atoms with Crippen LogP contribution in [0.4, 0.5) is 0 Å². The molecule has 1 fully saturated rings. The summed E-state index contributed by atoms with van der Waals surface area (Å²) in [6.07, 6.45) is 3.29. The van der Waals surface area contributed by atoms with Crippen LogP contribution in [0.2, 0.25) is 0 Å². The van der Waals surface area contributed by atoms with Crippen molar-refractivity contribution in [2.45, 2.75) is 23.9 Å². The topological polar surface area (TPSA) is 18.5 Å². The van der Waals surface area contributed by atoms with Crippen LogP contribution in [0, 0.1) is 0 Å². The molecule has 1 unspecified atom stereocenters. The summed E-state index contributed by atoms with van der Waals surface area (Å²) in [4.78, 5) is 0. The molecule has 60 valence electrons. The SMILES string of the molecule is CO[SiH2]C1(Cl)CCCCO1. The van der Waals surface area contributed by atoms with Crippen molar-refractivity contribution in [2.75, 3.05) is 13.7 Å². The molecule has 0 spiro atoms. The lowest BCUT2D eigenvalue weighted by Crippen LogP contribution is -2.37. The molecule has 0 aromatic rings. The molecule has 0 bridgehead atoms. The third-order valence-corrected chi connectivity index (χ3v) is 3.57. The van der Waals surface area contributed by atoms with Crippen LogP contribution in [0.25, 0.3) is 0 Å². The molecule has 1 atom stereocenters. The molecule has 0 saturated carbocycles. The Hall–Kier alpha value is 0.427. The van der Waals surface area contributed by atoms with E-state index < -0.39 is 9.76 Å². The lowest BCUT2D eigenvalue weighted by Gasteiger charge is -2.29. The number of ether oxygens (including phenoxy) is 1. The van der Waals surface area contributed by atoms with Gasteiger partial charge in [-0.2, -0.15) is 0 Å². The van der Waals surface area contributed by atoms with Gasteiger partial charge in [0, 0.05) is 13.7 Å². The van der Waals surface area contributed by atoms with E-state index in [2.05, 4.69) is 0 Å². The van der Waals surface area contributed by atoms with Crippen LogP contribution in [0.5, 0.6) is 0 Å². The van der Waals surface area contributed by atoms with Crippen LogP contribution in [-0.4, -0.2) is 28.2 Å². The zero-order valence-electron chi connectivity index (χ0n) is 6.23. The van der Waals surface area contributed by atoms with E-state index in [1.54, 1.807) is 7.11 Å². The maximum absolute atomic E-state index is 6.09. The van der Waals surface area contributed by atoms with Gasteiger partial charge in [-0.05, 0) is 19.3 Å². The average molecular weight is 181 g/mol. The van der Waals surface area contributed by atoms with Gasteiger partial charge in [0.2, 0.25) is 9.76 Å². The van der Waals surface area contributed by atoms with Gasteiger partial charge < -0.3 is 9.16 Å². The highest BCUT2D eigenvalue weighted by Gasteiger charge is 2.30. The fourth-order valence-electron chi connectivity index (χ4n) is 1.15.